The van der Waals surface area contributed by atoms with Crippen LogP contribution in [0.25, 0.3) is 0 Å². The fourth-order valence-corrected chi connectivity index (χ4v) is 2.29. The van der Waals surface area contributed by atoms with E-state index in [4.69, 9.17) is 9.47 Å². The molecule has 2 rings (SSSR count). The van der Waals surface area contributed by atoms with Crippen LogP contribution in [0.5, 0.6) is 0 Å². The highest BCUT2D eigenvalue weighted by Crippen LogP contribution is 2.26. The molecule has 1 aliphatic heterocycles. The van der Waals surface area contributed by atoms with Gasteiger partial charge >= 0.3 is 6.09 Å². The van der Waals surface area contributed by atoms with Crippen LogP contribution in [-0.4, -0.2) is 25.3 Å². The van der Waals surface area contributed by atoms with E-state index in [0.29, 0.717) is 13.2 Å². The number of alkyl carbamates (subject to hydrolysis) is 1. The summed E-state index contributed by atoms with van der Waals surface area (Å²) in [7, 11) is 0. The van der Waals surface area contributed by atoms with Gasteiger partial charge in [0.05, 0.1) is 19.3 Å². The van der Waals surface area contributed by atoms with Crippen molar-refractivity contribution in [2.45, 2.75) is 32.9 Å². The van der Waals surface area contributed by atoms with Gasteiger partial charge in [-0.05, 0) is 17.4 Å². The van der Waals surface area contributed by atoms with Crippen LogP contribution >= 0.6 is 0 Å². The molecule has 1 heterocycles. The molecule has 0 aromatic heterocycles. The third kappa shape index (κ3) is 4.56. The Morgan fingerprint density at radius 2 is 2.16 bits per heavy atom. The second kappa shape index (κ2) is 6.06. The zero-order valence-corrected chi connectivity index (χ0v) is 11.5. The molecule has 104 valence electrons. The van der Waals surface area contributed by atoms with Crippen molar-refractivity contribution < 1.29 is 14.3 Å². The van der Waals surface area contributed by atoms with Crippen LogP contribution in [0.1, 0.15) is 25.8 Å². The van der Waals surface area contributed by atoms with Gasteiger partial charge in [0.2, 0.25) is 0 Å². The van der Waals surface area contributed by atoms with Crippen LogP contribution in [0, 0.1) is 5.41 Å². The lowest BCUT2D eigenvalue weighted by atomic mass is 9.85. The fraction of sp³-hybridized carbons (Fsp3) is 0.533. The first-order valence-electron chi connectivity index (χ1n) is 6.60. The molecule has 0 saturated carbocycles. The average molecular weight is 263 g/mol. The Bertz CT molecular complexity index is 417. The van der Waals surface area contributed by atoms with E-state index in [1.807, 2.05) is 30.3 Å². The average Bonchev–Trinajstić information content (AvgIpc) is 2.36. The first-order chi connectivity index (χ1) is 9.05. The van der Waals surface area contributed by atoms with E-state index in [2.05, 4.69) is 19.2 Å². The summed E-state index contributed by atoms with van der Waals surface area (Å²) in [6.45, 7) is 5.87. The summed E-state index contributed by atoms with van der Waals surface area (Å²) >= 11 is 0. The summed E-state index contributed by atoms with van der Waals surface area (Å²) in [6.07, 6.45) is 0.531. The van der Waals surface area contributed by atoms with Crippen LogP contribution in [-0.2, 0) is 16.1 Å². The predicted molar refractivity (Wildman–Crippen MR) is 72.8 cm³/mol. The van der Waals surface area contributed by atoms with E-state index >= 15 is 0 Å². The van der Waals surface area contributed by atoms with Crippen molar-refractivity contribution in [2.24, 2.45) is 5.41 Å². The number of nitrogens with one attached hydrogen (secondary N) is 1. The van der Waals surface area contributed by atoms with Crippen LogP contribution in [0.3, 0.4) is 0 Å². The molecule has 19 heavy (non-hydrogen) atoms. The lowest BCUT2D eigenvalue weighted by Gasteiger charge is -2.35. The smallest absolute Gasteiger partial charge is 0.407 e. The zero-order chi connectivity index (χ0) is 13.7. The van der Waals surface area contributed by atoms with Crippen molar-refractivity contribution >= 4 is 6.09 Å². The molecule has 1 atom stereocenters. The SMILES string of the molecule is CC1(C)COCC(NC(=O)OCc2ccccc2)C1. The van der Waals surface area contributed by atoms with E-state index in [9.17, 15) is 4.79 Å². The number of carbonyl (C=O) groups excluding carboxylic acids is 1. The van der Waals surface area contributed by atoms with Crippen molar-refractivity contribution in [3.8, 4) is 0 Å². The van der Waals surface area contributed by atoms with Crippen LogP contribution in [0.2, 0.25) is 0 Å². The second-order valence-electron chi connectivity index (χ2n) is 5.79. The lowest BCUT2D eigenvalue weighted by Crippen LogP contribution is -2.46. The van der Waals surface area contributed by atoms with Gasteiger partial charge in [-0.1, -0.05) is 44.2 Å². The van der Waals surface area contributed by atoms with Crippen molar-refractivity contribution in [2.75, 3.05) is 13.2 Å². The largest absolute Gasteiger partial charge is 0.445 e. The maximum absolute atomic E-state index is 11.7. The normalized spacial score (nSPS) is 21.7. The second-order valence-corrected chi connectivity index (χ2v) is 5.79. The first-order valence-corrected chi connectivity index (χ1v) is 6.60. The maximum atomic E-state index is 11.7. The van der Waals surface area contributed by atoms with Gasteiger partial charge < -0.3 is 14.8 Å². The van der Waals surface area contributed by atoms with Crippen molar-refractivity contribution in [3.63, 3.8) is 0 Å². The fourth-order valence-electron chi connectivity index (χ4n) is 2.29. The Morgan fingerprint density at radius 1 is 1.42 bits per heavy atom. The minimum atomic E-state index is -0.379. The van der Waals surface area contributed by atoms with Gasteiger partial charge in [-0.2, -0.15) is 0 Å². The molecule has 0 spiro atoms. The summed E-state index contributed by atoms with van der Waals surface area (Å²) in [4.78, 5) is 11.7. The van der Waals surface area contributed by atoms with Gasteiger partial charge in [0.15, 0.2) is 0 Å². The number of carbonyl (C=O) groups is 1. The van der Waals surface area contributed by atoms with Crippen molar-refractivity contribution in [3.05, 3.63) is 35.9 Å². The number of hydrogen-bond acceptors (Lipinski definition) is 3. The number of benzene rings is 1. The molecule has 4 heteroatoms. The molecule has 1 aromatic rings. The van der Waals surface area contributed by atoms with Crippen molar-refractivity contribution in [1.29, 1.82) is 0 Å². The molecule has 4 nitrogen and oxygen atoms in total. The standard InChI is InChI=1S/C15H21NO3/c1-15(2)8-13(10-18-11-15)16-14(17)19-9-12-6-4-3-5-7-12/h3-7,13H,8-11H2,1-2H3,(H,16,17). The quantitative estimate of drug-likeness (QED) is 0.912. The molecule has 1 saturated heterocycles. The molecule has 1 aromatic carbocycles. The summed E-state index contributed by atoms with van der Waals surface area (Å²) in [6, 6.07) is 9.68. The summed E-state index contributed by atoms with van der Waals surface area (Å²) in [5, 5.41) is 2.86. The summed E-state index contributed by atoms with van der Waals surface area (Å²) in [5.41, 5.74) is 1.09. The summed E-state index contributed by atoms with van der Waals surface area (Å²) in [5.74, 6) is 0. The van der Waals surface area contributed by atoms with E-state index in [1.165, 1.54) is 0 Å². The van der Waals surface area contributed by atoms with Gasteiger partial charge in [0.1, 0.15) is 6.61 Å². The van der Waals surface area contributed by atoms with E-state index in [1.54, 1.807) is 0 Å². The Morgan fingerprint density at radius 3 is 2.84 bits per heavy atom. The molecule has 1 unspecified atom stereocenters. The Hall–Kier alpha value is -1.55. The molecule has 0 radical (unpaired) electrons. The van der Waals surface area contributed by atoms with Crippen LogP contribution in [0.15, 0.2) is 30.3 Å². The third-order valence-corrected chi connectivity index (χ3v) is 3.15. The van der Waals surface area contributed by atoms with E-state index < -0.39 is 0 Å². The highest BCUT2D eigenvalue weighted by atomic mass is 16.5. The Kier molecular flexibility index (Phi) is 4.43. The van der Waals surface area contributed by atoms with Gasteiger partial charge in [-0.15, -0.1) is 0 Å². The molecule has 1 aliphatic rings. The minimum Gasteiger partial charge on any atom is -0.445 e. The number of hydrogen-bond donors (Lipinski definition) is 1. The van der Waals surface area contributed by atoms with Crippen LogP contribution in [0.4, 0.5) is 4.79 Å². The zero-order valence-electron chi connectivity index (χ0n) is 11.5. The molecule has 1 amide bonds. The van der Waals surface area contributed by atoms with E-state index in [0.717, 1.165) is 18.6 Å². The topological polar surface area (TPSA) is 47.6 Å². The van der Waals surface area contributed by atoms with Gasteiger partial charge in [-0.3, -0.25) is 0 Å². The maximum Gasteiger partial charge on any atom is 0.407 e. The predicted octanol–water partition coefficient (Wildman–Crippen LogP) is 2.73. The van der Waals surface area contributed by atoms with E-state index in [-0.39, 0.29) is 17.6 Å². The van der Waals surface area contributed by atoms with Crippen molar-refractivity contribution in [1.82, 2.24) is 5.32 Å². The molecule has 0 aliphatic carbocycles. The highest BCUT2D eigenvalue weighted by molar-refractivity contribution is 5.67. The number of ether oxygens (including phenoxy) is 2. The van der Waals surface area contributed by atoms with Gasteiger partial charge in [0, 0.05) is 0 Å². The summed E-state index contributed by atoms with van der Waals surface area (Å²) < 4.78 is 10.7. The minimum absolute atomic E-state index is 0.0343. The molecule has 0 bridgehead atoms. The third-order valence-electron chi connectivity index (χ3n) is 3.15. The molecular formula is C15H21NO3. The number of rotatable bonds is 3. The Labute approximate surface area is 114 Å². The highest BCUT2D eigenvalue weighted by Gasteiger charge is 2.29. The van der Waals surface area contributed by atoms with Crippen LogP contribution < -0.4 is 5.32 Å². The number of amides is 1. The molecular weight excluding hydrogens is 242 g/mol. The molecule has 1 N–H and O–H groups in total. The van der Waals surface area contributed by atoms with Gasteiger partial charge in [-0.25, -0.2) is 4.79 Å². The molecule has 1 fully saturated rings. The first kappa shape index (κ1) is 13.9. The van der Waals surface area contributed by atoms with Gasteiger partial charge in [0.25, 0.3) is 0 Å². The Balaban J connectivity index is 1.75. The monoisotopic (exact) mass is 263 g/mol. The lowest BCUT2D eigenvalue weighted by molar-refractivity contribution is -0.00939.